The minimum absolute atomic E-state index is 0.185. The first-order valence-corrected chi connectivity index (χ1v) is 9.08. The van der Waals surface area contributed by atoms with Gasteiger partial charge in [-0.1, -0.05) is 5.21 Å². The van der Waals surface area contributed by atoms with E-state index in [1.807, 2.05) is 6.20 Å². The van der Waals surface area contributed by atoms with Crippen LogP contribution >= 0.6 is 0 Å². The van der Waals surface area contributed by atoms with Crippen molar-refractivity contribution in [3.05, 3.63) is 30.6 Å². The Morgan fingerprint density at radius 2 is 1.83 bits per heavy atom. The Labute approximate surface area is 141 Å². The Balaban J connectivity index is 1.77. The third-order valence-corrected chi connectivity index (χ3v) is 6.13. The lowest BCUT2D eigenvalue weighted by Crippen LogP contribution is -2.39. The van der Waals surface area contributed by atoms with Crippen molar-refractivity contribution >= 4 is 10.0 Å². The maximum Gasteiger partial charge on any atom is 0.243 e. The summed E-state index contributed by atoms with van der Waals surface area (Å²) in [5.74, 6) is 0.900. The molecule has 0 aliphatic carbocycles. The molecule has 0 radical (unpaired) electrons. The largest absolute Gasteiger partial charge is 0.493 e. The molecule has 0 bridgehead atoms. The zero-order valence-corrected chi connectivity index (χ0v) is 14.4. The normalized spacial score (nSPS) is 16.9. The van der Waals surface area contributed by atoms with Gasteiger partial charge in [0.05, 0.1) is 31.4 Å². The lowest BCUT2D eigenvalue weighted by Gasteiger charge is -2.31. The van der Waals surface area contributed by atoms with Gasteiger partial charge in [0.25, 0.3) is 0 Å². The van der Waals surface area contributed by atoms with Crippen molar-refractivity contribution in [2.24, 2.45) is 0 Å². The number of hydrogen-bond donors (Lipinski definition) is 0. The third-order valence-electron chi connectivity index (χ3n) is 4.23. The fourth-order valence-electron chi connectivity index (χ4n) is 2.89. The summed E-state index contributed by atoms with van der Waals surface area (Å²) >= 11 is 0. The fourth-order valence-corrected chi connectivity index (χ4v) is 4.37. The number of hydrogen-bond acceptors (Lipinski definition) is 6. The predicted octanol–water partition coefficient (Wildman–Crippen LogP) is 1.32. The van der Waals surface area contributed by atoms with Crippen LogP contribution in [0.3, 0.4) is 0 Å². The molecule has 1 aliphatic heterocycles. The highest BCUT2D eigenvalue weighted by Crippen LogP contribution is 2.32. The molecule has 1 aromatic heterocycles. The monoisotopic (exact) mass is 352 g/mol. The van der Waals surface area contributed by atoms with E-state index in [9.17, 15) is 8.42 Å². The highest BCUT2D eigenvalue weighted by atomic mass is 32.2. The first-order valence-electron chi connectivity index (χ1n) is 7.64. The molecule has 130 valence electrons. The van der Waals surface area contributed by atoms with E-state index in [1.54, 1.807) is 23.0 Å². The van der Waals surface area contributed by atoms with E-state index in [4.69, 9.17) is 9.47 Å². The van der Waals surface area contributed by atoms with Gasteiger partial charge in [0.2, 0.25) is 10.0 Å². The topological polar surface area (TPSA) is 86.6 Å². The van der Waals surface area contributed by atoms with Crippen LogP contribution in [0.15, 0.2) is 35.5 Å². The summed E-state index contributed by atoms with van der Waals surface area (Å²) in [6.07, 6.45) is 4.85. The van der Waals surface area contributed by atoms with Crippen LogP contribution in [0.5, 0.6) is 11.5 Å². The molecule has 9 heteroatoms. The van der Waals surface area contributed by atoms with Crippen molar-refractivity contribution in [3.63, 3.8) is 0 Å². The molecule has 0 unspecified atom stereocenters. The van der Waals surface area contributed by atoms with Crippen molar-refractivity contribution < 1.29 is 17.9 Å². The van der Waals surface area contributed by atoms with Gasteiger partial charge in [-0.05, 0) is 25.0 Å². The van der Waals surface area contributed by atoms with Crippen molar-refractivity contribution in [2.75, 3.05) is 27.3 Å². The van der Waals surface area contributed by atoms with Crippen LogP contribution in [0, 0.1) is 0 Å². The Morgan fingerprint density at radius 1 is 1.12 bits per heavy atom. The van der Waals surface area contributed by atoms with Crippen LogP contribution in [-0.4, -0.2) is 55.0 Å². The second-order valence-corrected chi connectivity index (χ2v) is 7.47. The Hall–Kier alpha value is -2.13. The van der Waals surface area contributed by atoms with Crippen LogP contribution in [0.25, 0.3) is 0 Å². The molecule has 0 atom stereocenters. The molecule has 1 saturated heterocycles. The number of sulfonamides is 1. The molecule has 8 nitrogen and oxygen atoms in total. The van der Waals surface area contributed by atoms with Crippen molar-refractivity contribution in [1.29, 1.82) is 0 Å². The number of ether oxygens (including phenoxy) is 2. The first-order chi connectivity index (χ1) is 11.6. The van der Waals surface area contributed by atoms with Gasteiger partial charge < -0.3 is 9.47 Å². The maximum atomic E-state index is 12.8. The van der Waals surface area contributed by atoms with Crippen LogP contribution in [0.4, 0.5) is 0 Å². The molecule has 0 amide bonds. The van der Waals surface area contributed by atoms with Gasteiger partial charge >= 0.3 is 0 Å². The maximum absolute atomic E-state index is 12.8. The summed E-state index contributed by atoms with van der Waals surface area (Å²) in [6.45, 7) is 0.891. The van der Waals surface area contributed by atoms with Crippen molar-refractivity contribution in [3.8, 4) is 11.5 Å². The molecule has 1 fully saturated rings. The van der Waals surface area contributed by atoms with Gasteiger partial charge in [-0.3, -0.25) is 0 Å². The van der Waals surface area contributed by atoms with E-state index in [2.05, 4.69) is 10.3 Å². The van der Waals surface area contributed by atoms with Crippen molar-refractivity contribution in [2.45, 2.75) is 23.8 Å². The van der Waals surface area contributed by atoms with Gasteiger partial charge in [0.15, 0.2) is 11.5 Å². The quantitative estimate of drug-likeness (QED) is 0.807. The second-order valence-electron chi connectivity index (χ2n) is 5.54. The summed E-state index contributed by atoms with van der Waals surface area (Å²) in [7, 11) is -0.561. The SMILES string of the molecule is COc1ccc(S(=O)(=O)N2CCC(n3ccnn3)CC2)cc1OC. The van der Waals surface area contributed by atoms with Gasteiger partial charge in [-0.15, -0.1) is 5.10 Å². The first kappa shape index (κ1) is 16.7. The molecule has 0 spiro atoms. The molecule has 1 aromatic carbocycles. The smallest absolute Gasteiger partial charge is 0.243 e. The minimum Gasteiger partial charge on any atom is -0.493 e. The van der Waals surface area contributed by atoms with Crippen LogP contribution < -0.4 is 9.47 Å². The molecule has 2 aromatic rings. The number of methoxy groups -OCH3 is 2. The zero-order valence-electron chi connectivity index (χ0n) is 13.6. The van der Waals surface area contributed by atoms with Gasteiger partial charge in [-0.2, -0.15) is 4.31 Å². The molecule has 2 heterocycles. The Morgan fingerprint density at radius 3 is 2.42 bits per heavy atom. The average molecular weight is 352 g/mol. The summed E-state index contributed by atoms with van der Waals surface area (Å²) in [6, 6.07) is 4.83. The van der Waals surface area contributed by atoms with E-state index in [-0.39, 0.29) is 10.9 Å². The fraction of sp³-hybridized carbons (Fsp3) is 0.467. The lowest BCUT2D eigenvalue weighted by atomic mass is 10.1. The van der Waals surface area contributed by atoms with E-state index in [1.165, 1.54) is 24.6 Å². The highest BCUT2D eigenvalue weighted by Gasteiger charge is 2.30. The standard InChI is InChI=1S/C15H20N4O4S/c1-22-14-4-3-13(11-15(14)23-2)24(20,21)18-8-5-12(6-9-18)19-10-7-16-17-19/h3-4,7,10-12H,5-6,8-9H2,1-2H3. The van der Waals surface area contributed by atoms with E-state index < -0.39 is 10.0 Å². The summed E-state index contributed by atoms with van der Waals surface area (Å²) in [4.78, 5) is 0.208. The van der Waals surface area contributed by atoms with Crippen LogP contribution in [0.2, 0.25) is 0 Å². The van der Waals surface area contributed by atoms with Gasteiger partial charge in [0.1, 0.15) is 0 Å². The molecule has 0 saturated carbocycles. The molecular formula is C15H20N4O4S. The molecule has 3 rings (SSSR count). The molecule has 0 N–H and O–H groups in total. The minimum atomic E-state index is -3.56. The Kier molecular flexibility index (Phi) is 4.72. The van der Waals surface area contributed by atoms with E-state index >= 15 is 0 Å². The van der Waals surface area contributed by atoms with Gasteiger partial charge in [0, 0.05) is 25.4 Å². The number of aromatic nitrogens is 3. The molecule has 24 heavy (non-hydrogen) atoms. The number of benzene rings is 1. The lowest BCUT2D eigenvalue weighted by molar-refractivity contribution is 0.258. The van der Waals surface area contributed by atoms with Crippen LogP contribution in [0.1, 0.15) is 18.9 Å². The Bertz CT molecular complexity index is 784. The zero-order chi connectivity index (χ0) is 17.2. The number of rotatable bonds is 5. The second kappa shape index (κ2) is 6.78. The van der Waals surface area contributed by atoms with E-state index in [0.717, 1.165) is 0 Å². The average Bonchev–Trinajstić information content (AvgIpc) is 3.15. The predicted molar refractivity (Wildman–Crippen MR) is 86.6 cm³/mol. The molecule has 1 aliphatic rings. The summed E-state index contributed by atoms with van der Waals surface area (Å²) in [5, 5.41) is 7.80. The summed E-state index contributed by atoms with van der Waals surface area (Å²) in [5.41, 5.74) is 0. The van der Waals surface area contributed by atoms with Gasteiger partial charge in [-0.25, -0.2) is 13.1 Å². The summed E-state index contributed by atoms with van der Waals surface area (Å²) < 4.78 is 39.3. The number of piperidine rings is 1. The molecular weight excluding hydrogens is 332 g/mol. The van der Waals surface area contributed by atoms with E-state index in [0.29, 0.717) is 37.4 Å². The number of nitrogens with zero attached hydrogens (tertiary/aromatic N) is 4. The highest BCUT2D eigenvalue weighted by molar-refractivity contribution is 7.89. The van der Waals surface area contributed by atoms with Crippen molar-refractivity contribution in [1.82, 2.24) is 19.3 Å². The van der Waals surface area contributed by atoms with Crippen LogP contribution in [-0.2, 0) is 10.0 Å². The third kappa shape index (κ3) is 3.09.